The van der Waals surface area contributed by atoms with Gasteiger partial charge in [0.1, 0.15) is 5.60 Å². The molecule has 0 aromatic rings. The molecule has 0 amide bonds. The Hall–Kier alpha value is -1.01. The molecule has 90 valence electrons. The van der Waals surface area contributed by atoms with Crippen molar-refractivity contribution < 1.29 is 9.53 Å². The Kier molecular flexibility index (Phi) is 4.37. The molecule has 0 aromatic heterocycles. The molecule has 2 atom stereocenters. The Morgan fingerprint density at radius 1 is 1.44 bits per heavy atom. The second-order valence-corrected chi connectivity index (χ2v) is 5.35. The van der Waals surface area contributed by atoms with Crippen LogP contribution in [0.5, 0.6) is 0 Å². The molecule has 0 spiro atoms. The number of hydrogen-bond donors (Lipinski definition) is 1. The summed E-state index contributed by atoms with van der Waals surface area (Å²) in [4.78, 5) is 11.4. The second-order valence-electron chi connectivity index (χ2n) is 5.35. The Bertz CT molecular complexity index is 306. The van der Waals surface area contributed by atoms with Gasteiger partial charge in [0.2, 0.25) is 0 Å². The van der Waals surface area contributed by atoms with Crippen LogP contribution in [0.2, 0.25) is 0 Å². The number of carbonyl (C=O) groups excluding carboxylic acids is 1. The van der Waals surface area contributed by atoms with Gasteiger partial charge in [-0.1, -0.05) is 12.8 Å². The normalized spacial score (nSPS) is 25.5. The number of rotatable bonds is 0. The van der Waals surface area contributed by atoms with Gasteiger partial charge in [0.15, 0.2) is 0 Å². The zero-order valence-corrected chi connectivity index (χ0v) is 10.6. The van der Waals surface area contributed by atoms with E-state index in [4.69, 9.17) is 4.74 Å². The predicted octanol–water partition coefficient (Wildman–Crippen LogP) is 1.58. The van der Waals surface area contributed by atoms with Gasteiger partial charge in [-0.3, -0.25) is 0 Å². The summed E-state index contributed by atoms with van der Waals surface area (Å²) in [5, 5.41) is 3.31. The average molecular weight is 223 g/mol. The van der Waals surface area contributed by atoms with Gasteiger partial charge in [-0.25, -0.2) is 4.79 Å². The molecule has 0 bridgehead atoms. The third-order valence-electron chi connectivity index (χ3n) is 2.54. The molecule has 3 heteroatoms. The molecule has 0 radical (unpaired) electrons. The monoisotopic (exact) mass is 223 g/mol. The second kappa shape index (κ2) is 5.36. The van der Waals surface area contributed by atoms with Crippen LogP contribution in [-0.2, 0) is 9.53 Å². The van der Waals surface area contributed by atoms with Crippen molar-refractivity contribution in [2.75, 3.05) is 13.1 Å². The third kappa shape index (κ3) is 4.67. The van der Waals surface area contributed by atoms with Crippen molar-refractivity contribution in [3.8, 4) is 11.8 Å². The molecule has 1 heterocycles. The van der Waals surface area contributed by atoms with Gasteiger partial charge in [-0.15, -0.1) is 0 Å². The molecule has 2 unspecified atom stereocenters. The van der Waals surface area contributed by atoms with Crippen LogP contribution >= 0.6 is 0 Å². The maximum absolute atomic E-state index is 11.4. The minimum atomic E-state index is -0.453. The maximum atomic E-state index is 11.4. The van der Waals surface area contributed by atoms with Gasteiger partial charge >= 0.3 is 5.97 Å². The molecular formula is C13H21NO2. The number of hydrogen-bond acceptors (Lipinski definition) is 3. The highest BCUT2D eigenvalue weighted by Crippen LogP contribution is 2.17. The van der Waals surface area contributed by atoms with Gasteiger partial charge in [0, 0.05) is 11.8 Å². The fourth-order valence-electron chi connectivity index (χ4n) is 1.68. The van der Waals surface area contributed by atoms with Crippen molar-refractivity contribution in [2.45, 2.75) is 39.7 Å². The van der Waals surface area contributed by atoms with Crippen LogP contribution in [0.3, 0.4) is 0 Å². The molecule has 1 N–H and O–H groups in total. The number of nitrogens with one attached hydrogen (secondary N) is 1. The largest absolute Gasteiger partial charge is 0.450 e. The fourth-order valence-corrected chi connectivity index (χ4v) is 1.68. The molecule has 0 aromatic carbocycles. The molecular weight excluding hydrogens is 202 g/mol. The number of piperidine rings is 1. The predicted molar refractivity (Wildman–Crippen MR) is 63.8 cm³/mol. The lowest BCUT2D eigenvalue weighted by atomic mass is 9.88. The molecule has 1 rings (SSSR count). The van der Waals surface area contributed by atoms with Crippen LogP contribution in [-0.4, -0.2) is 24.7 Å². The summed E-state index contributed by atoms with van der Waals surface area (Å²) < 4.78 is 5.14. The van der Waals surface area contributed by atoms with E-state index < -0.39 is 11.6 Å². The topological polar surface area (TPSA) is 38.3 Å². The third-order valence-corrected chi connectivity index (χ3v) is 2.54. The zero-order valence-electron chi connectivity index (χ0n) is 10.6. The van der Waals surface area contributed by atoms with Gasteiger partial charge in [0.05, 0.1) is 0 Å². The summed E-state index contributed by atoms with van der Waals surface area (Å²) in [7, 11) is 0. The minimum Gasteiger partial charge on any atom is -0.450 e. The molecule has 3 nitrogen and oxygen atoms in total. The minimum absolute atomic E-state index is 0.314. The fraction of sp³-hybridized carbons (Fsp3) is 0.769. The summed E-state index contributed by atoms with van der Waals surface area (Å²) in [5.74, 6) is 6.03. The van der Waals surface area contributed by atoms with Crippen molar-refractivity contribution in [3.05, 3.63) is 0 Å². The molecule has 1 saturated heterocycles. The Balaban J connectivity index is 2.49. The lowest BCUT2D eigenvalue weighted by molar-refractivity contribution is -0.147. The highest BCUT2D eigenvalue weighted by molar-refractivity contribution is 5.88. The summed E-state index contributed by atoms with van der Waals surface area (Å²) in [6.45, 7) is 9.66. The number of esters is 1. The van der Waals surface area contributed by atoms with Crippen molar-refractivity contribution in [1.82, 2.24) is 5.32 Å². The van der Waals surface area contributed by atoms with E-state index in [1.807, 2.05) is 20.8 Å². The number of ether oxygens (including phenoxy) is 1. The molecule has 1 aliphatic heterocycles. The summed E-state index contributed by atoms with van der Waals surface area (Å²) in [5.41, 5.74) is -0.453. The number of carbonyl (C=O) groups is 1. The Morgan fingerprint density at radius 2 is 2.12 bits per heavy atom. The lowest BCUT2D eigenvalue weighted by Crippen LogP contribution is -2.34. The standard InChI is InChI=1S/C13H21NO2/c1-10-9-14-8-7-11(10)5-6-12(15)16-13(2,3)4/h10-11,14H,7-9H2,1-4H3. The van der Waals surface area contributed by atoms with Crippen molar-refractivity contribution in [2.24, 2.45) is 11.8 Å². The van der Waals surface area contributed by atoms with E-state index in [2.05, 4.69) is 24.1 Å². The van der Waals surface area contributed by atoms with Crippen LogP contribution in [0.1, 0.15) is 34.1 Å². The van der Waals surface area contributed by atoms with Crippen LogP contribution < -0.4 is 5.32 Å². The van der Waals surface area contributed by atoms with Gasteiger partial charge in [-0.05, 0) is 46.2 Å². The molecule has 16 heavy (non-hydrogen) atoms. The van der Waals surface area contributed by atoms with E-state index in [0.717, 1.165) is 19.5 Å². The van der Waals surface area contributed by atoms with Crippen molar-refractivity contribution >= 4 is 5.97 Å². The van der Waals surface area contributed by atoms with Gasteiger partial charge in [0.25, 0.3) is 0 Å². The zero-order chi connectivity index (χ0) is 12.2. The van der Waals surface area contributed by atoms with E-state index >= 15 is 0 Å². The van der Waals surface area contributed by atoms with E-state index in [0.29, 0.717) is 11.8 Å². The summed E-state index contributed by atoms with van der Waals surface area (Å²) >= 11 is 0. The van der Waals surface area contributed by atoms with Crippen LogP contribution in [0.25, 0.3) is 0 Å². The van der Waals surface area contributed by atoms with E-state index in [1.54, 1.807) is 0 Å². The maximum Gasteiger partial charge on any atom is 0.384 e. The molecule has 0 aliphatic carbocycles. The van der Waals surface area contributed by atoms with E-state index in [-0.39, 0.29) is 0 Å². The Morgan fingerprint density at radius 3 is 2.69 bits per heavy atom. The molecule has 1 fully saturated rings. The first-order valence-electron chi connectivity index (χ1n) is 5.84. The smallest absolute Gasteiger partial charge is 0.384 e. The van der Waals surface area contributed by atoms with Crippen molar-refractivity contribution in [1.29, 1.82) is 0 Å². The van der Waals surface area contributed by atoms with Gasteiger partial charge in [-0.2, -0.15) is 0 Å². The average Bonchev–Trinajstić information content (AvgIpc) is 2.14. The van der Waals surface area contributed by atoms with Crippen LogP contribution in [0, 0.1) is 23.7 Å². The van der Waals surface area contributed by atoms with Gasteiger partial charge < -0.3 is 10.1 Å². The first-order chi connectivity index (χ1) is 7.38. The van der Waals surface area contributed by atoms with Crippen LogP contribution in [0.15, 0.2) is 0 Å². The molecule has 0 saturated carbocycles. The van der Waals surface area contributed by atoms with E-state index in [9.17, 15) is 4.79 Å². The first kappa shape index (κ1) is 13.1. The lowest BCUT2D eigenvalue weighted by Gasteiger charge is -2.25. The first-order valence-corrected chi connectivity index (χ1v) is 5.84. The van der Waals surface area contributed by atoms with E-state index in [1.165, 1.54) is 0 Å². The van der Waals surface area contributed by atoms with Crippen molar-refractivity contribution in [3.63, 3.8) is 0 Å². The SMILES string of the molecule is CC1CNCCC1C#CC(=O)OC(C)(C)C. The molecule has 1 aliphatic rings. The quantitative estimate of drug-likeness (QED) is 0.385. The summed E-state index contributed by atoms with van der Waals surface area (Å²) in [6, 6.07) is 0. The Labute approximate surface area is 97.9 Å². The highest BCUT2D eigenvalue weighted by Gasteiger charge is 2.19. The van der Waals surface area contributed by atoms with Crippen LogP contribution in [0.4, 0.5) is 0 Å². The summed E-state index contributed by atoms with van der Waals surface area (Å²) in [6.07, 6.45) is 1.01. The highest BCUT2D eigenvalue weighted by atomic mass is 16.6.